The van der Waals surface area contributed by atoms with Gasteiger partial charge in [0.2, 0.25) is 0 Å². The molecule has 1 fully saturated rings. The Morgan fingerprint density at radius 3 is 2.65 bits per heavy atom. The summed E-state index contributed by atoms with van der Waals surface area (Å²) >= 11 is 0. The highest BCUT2D eigenvalue weighted by Gasteiger charge is 2.31. The Labute approximate surface area is 105 Å². The number of aromatic nitrogens is 1. The van der Waals surface area contributed by atoms with E-state index < -0.39 is 0 Å². The van der Waals surface area contributed by atoms with E-state index in [-0.39, 0.29) is 0 Å². The minimum absolute atomic E-state index is 0.581. The van der Waals surface area contributed by atoms with Crippen LogP contribution in [0.25, 0.3) is 0 Å². The molecule has 0 bridgehead atoms. The first-order chi connectivity index (χ1) is 8.24. The van der Waals surface area contributed by atoms with Crippen molar-refractivity contribution in [3.05, 3.63) is 29.6 Å². The predicted molar refractivity (Wildman–Crippen MR) is 71.9 cm³/mol. The molecule has 0 saturated heterocycles. The number of hydrogen-bond donors (Lipinski definition) is 1. The zero-order valence-corrected chi connectivity index (χ0v) is 11.1. The van der Waals surface area contributed by atoms with E-state index in [4.69, 9.17) is 0 Å². The summed E-state index contributed by atoms with van der Waals surface area (Å²) in [6.07, 6.45) is 8.94. The summed E-state index contributed by atoms with van der Waals surface area (Å²) in [6, 6.07) is 4.25. The van der Waals surface area contributed by atoms with Crippen molar-refractivity contribution in [2.75, 3.05) is 6.54 Å². The first-order valence-corrected chi connectivity index (χ1v) is 6.86. The molecule has 1 aromatic heterocycles. The fraction of sp³-hybridized carbons (Fsp3) is 0.667. The van der Waals surface area contributed by atoms with Crippen molar-refractivity contribution in [2.45, 2.75) is 52.5 Å². The third-order valence-corrected chi connectivity index (χ3v) is 4.22. The fourth-order valence-corrected chi connectivity index (χ4v) is 2.86. The van der Waals surface area contributed by atoms with Gasteiger partial charge in [0.25, 0.3) is 0 Å². The van der Waals surface area contributed by atoms with Gasteiger partial charge in [-0.3, -0.25) is 4.98 Å². The Kier molecular flexibility index (Phi) is 4.16. The van der Waals surface area contributed by atoms with Crippen LogP contribution in [0.3, 0.4) is 0 Å². The van der Waals surface area contributed by atoms with Crippen LogP contribution in [0.5, 0.6) is 0 Å². The number of hydrogen-bond acceptors (Lipinski definition) is 2. The van der Waals surface area contributed by atoms with Gasteiger partial charge in [0, 0.05) is 25.0 Å². The Hall–Kier alpha value is -0.890. The molecule has 1 N–H and O–H groups in total. The van der Waals surface area contributed by atoms with Gasteiger partial charge < -0.3 is 5.32 Å². The summed E-state index contributed by atoms with van der Waals surface area (Å²) in [7, 11) is 0. The van der Waals surface area contributed by atoms with Crippen molar-refractivity contribution in [1.29, 1.82) is 0 Å². The van der Waals surface area contributed by atoms with Crippen LogP contribution in [0.2, 0.25) is 0 Å². The molecule has 2 nitrogen and oxygen atoms in total. The standard InChI is InChI=1S/C15H24N2/c1-3-15(8-4-5-9-15)12-16-10-14-7-6-13(2)17-11-14/h6-7,11,16H,3-5,8-10,12H2,1-2H3. The molecule has 0 unspecified atom stereocenters. The minimum atomic E-state index is 0.581. The van der Waals surface area contributed by atoms with E-state index in [1.807, 2.05) is 13.1 Å². The first-order valence-electron chi connectivity index (χ1n) is 6.86. The Bertz CT molecular complexity index is 336. The normalized spacial score (nSPS) is 18.5. The number of rotatable bonds is 5. The van der Waals surface area contributed by atoms with Crippen LogP contribution in [0.1, 0.15) is 50.3 Å². The van der Waals surface area contributed by atoms with Crippen LogP contribution in [0, 0.1) is 12.3 Å². The Morgan fingerprint density at radius 2 is 2.06 bits per heavy atom. The lowest BCUT2D eigenvalue weighted by atomic mass is 9.83. The van der Waals surface area contributed by atoms with Gasteiger partial charge in [-0.05, 0) is 43.2 Å². The molecule has 0 atom stereocenters. The SMILES string of the molecule is CCC1(CNCc2ccc(C)nc2)CCCC1. The van der Waals surface area contributed by atoms with E-state index >= 15 is 0 Å². The van der Waals surface area contributed by atoms with Crippen molar-refractivity contribution in [1.82, 2.24) is 10.3 Å². The van der Waals surface area contributed by atoms with Crippen LogP contribution in [-0.4, -0.2) is 11.5 Å². The second-order valence-corrected chi connectivity index (χ2v) is 5.47. The van der Waals surface area contributed by atoms with Crippen molar-refractivity contribution >= 4 is 0 Å². The highest BCUT2D eigenvalue weighted by atomic mass is 14.9. The van der Waals surface area contributed by atoms with Gasteiger partial charge >= 0.3 is 0 Å². The van der Waals surface area contributed by atoms with E-state index in [0.717, 1.165) is 18.8 Å². The second kappa shape index (κ2) is 5.63. The number of nitrogens with one attached hydrogen (secondary N) is 1. The van der Waals surface area contributed by atoms with Crippen LogP contribution in [-0.2, 0) is 6.54 Å². The van der Waals surface area contributed by atoms with E-state index in [0.29, 0.717) is 5.41 Å². The summed E-state index contributed by atoms with van der Waals surface area (Å²) in [5.74, 6) is 0. The topological polar surface area (TPSA) is 24.9 Å². The molecule has 1 aliphatic rings. The summed E-state index contributed by atoms with van der Waals surface area (Å²) in [5, 5.41) is 3.61. The lowest BCUT2D eigenvalue weighted by Gasteiger charge is -2.27. The lowest BCUT2D eigenvalue weighted by Crippen LogP contribution is -2.31. The van der Waals surface area contributed by atoms with Crippen molar-refractivity contribution in [2.24, 2.45) is 5.41 Å². The molecule has 0 amide bonds. The third-order valence-electron chi connectivity index (χ3n) is 4.22. The molecule has 0 aromatic carbocycles. The Morgan fingerprint density at radius 1 is 1.29 bits per heavy atom. The fourth-order valence-electron chi connectivity index (χ4n) is 2.86. The summed E-state index contributed by atoms with van der Waals surface area (Å²) in [4.78, 5) is 4.33. The second-order valence-electron chi connectivity index (χ2n) is 5.47. The lowest BCUT2D eigenvalue weighted by molar-refractivity contribution is 0.268. The highest BCUT2D eigenvalue weighted by molar-refractivity contribution is 5.12. The van der Waals surface area contributed by atoms with Gasteiger partial charge in [-0.1, -0.05) is 25.8 Å². The molecule has 2 rings (SSSR count). The molecule has 2 heteroatoms. The largest absolute Gasteiger partial charge is 0.312 e. The molecule has 17 heavy (non-hydrogen) atoms. The Balaban J connectivity index is 1.80. The molecule has 1 aliphatic carbocycles. The van der Waals surface area contributed by atoms with Crippen LogP contribution in [0.15, 0.2) is 18.3 Å². The maximum absolute atomic E-state index is 4.33. The van der Waals surface area contributed by atoms with E-state index in [1.54, 1.807) is 0 Å². The van der Waals surface area contributed by atoms with Crippen molar-refractivity contribution in [3.63, 3.8) is 0 Å². The van der Waals surface area contributed by atoms with Gasteiger partial charge in [0.15, 0.2) is 0 Å². The van der Waals surface area contributed by atoms with Gasteiger partial charge in [-0.15, -0.1) is 0 Å². The highest BCUT2D eigenvalue weighted by Crippen LogP contribution is 2.40. The van der Waals surface area contributed by atoms with Crippen molar-refractivity contribution < 1.29 is 0 Å². The zero-order chi connectivity index (χ0) is 12.1. The summed E-state index contributed by atoms with van der Waals surface area (Å²) in [6.45, 7) is 6.48. The van der Waals surface area contributed by atoms with Gasteiger partial charge in [-0.25, -0.2) is 0 Å². The van der Waals surface area contributed by atoms with Crippen LogP contribution in [0.4, 0.5) is 0 Å². The predicted octanol–water partition coefficient (Wildman–Crippen LogP) is 3.45. The van der Waals surface area contributed by atoms with Gasteiger partial charge in [0.1, 0.15) is 0 Å². The molecule has 0 radical (unpaired) electrons. The van der Waals surface area contributed by atoms with Gasteiger partial charge in [-0.2, -0.15) is 0 Å². The van der Waals surface area contributed by atoms with Crippen LogP contribution < -0.4 is 5.32 Å². The maximum atomic E-state index is 4.33. The third kappa shape index (κ3) is 3.29. The minimum Gasteiger partial charge on any atom is -0.312 e. The smallest absolute Gasteiger partial charge is 0.0372 e. The summed E-state index contributed by atoms with van der Waals surface area (Å²) in [5.41, 5.74) is 2.97. The van der Waals surface area contributed by atoms with Crippen LogP contribution >= 0.6 is 0 Å². The molecule has 1 aromatic rings. The number of nitrogens with zero attached hydrogens (tertiary/aromatic N) is 1. The first kappa shape index (κ1) is 12.6. The molecule has 1 saturated carbocycles. The van der Waals surface area contributed by atoms with E-state index in [2.05, 4.69) is 29.4 Å². The molecule has 1 heterocycles. The average molecular weight is 232 g/mol. The molecular formula is C15H24N2. The molecule has 0 aliphatic heterocycles. The number of aryl methyl sites for hydroxylation is 1. The molecular weight excluding hydrogens is 208 g/mol. The van der Waals surface area contributed by atoms with Gasteiger partial charge in [0.05, 0.1) is 0 Å². The summed E-state index contributed by atoms with van der Waals surface area (Å²) < 4.78 is 0. The van der Waals surface area contributed by atoms with E-state index in [9.17, 15) is 0 Å². The molecule has 94 valence electrons. The maximum Gasteiger partial charge on any atom is 0.0372 e. The zero-order valence-electron chi connectivity index (χ0n) is 11.1. The monoisotopic (exact) mass is 232 g/mol. The quantitative estimate of drug-likeness (QED) is 0.841. The average Bonchev–Trinajstić information content (AvgIpc) is 2.81. The van der Waals surface area contributed by atoms with E-state index in [1.165, 1.54) is 37.7 Å². The van der Waals surface area contributed by atoms with Crippen molar-refractivity contribution in [3.8, 4) is 0 Å². The molecule has 0 spiro atoms. The number of pyridine rings is 1.